The Kier molecular flexibility index (Phi) is 4.54. The number of ether oxygens (including phenoxy) is 1. The highest BCUT2D eigenvalue weighted by Gasteiger charge is 2.29. The van der Waals surface area contributed by atoms with Crippen molar-refractivity contribution in [1.82, 2.24) is 10.3 Å². The first kappa shape index (κ1) is 13.0. The largest absolute Gasteiger partial charge is 0.381 e. The summed E-state index contributed by atoms with van der Waals surface area (Å²) in [5, 5.41) is 4.64. The minimum Gasteiger partial charge on any atom is -0.381 e. The van der Waals surface area contributed by atoms with Gasteiger partial charge in [0.1, 0.15) is 0 Å². The molecule has 0 aromatic carbocycles. The molecule has 1 aliphatic rings. The van der Waals surface area contributed by atoms with E-state index in [1.807, 2.05) is 11.3 Å². The highest BCUT2D eigenvalue weighted by atomic mass is 32.1. The van der Waals surface area contributed by atoms with Crippen LogP contribution >= 0.6 is 11.3 Å². The molecule has 1 aromatic rings. The van der Waals surface area contributed by atoms with Gasteiger partial charge in [0.25, 0.3) is 0 Å². The standard InChI is InChI=1S/C13H22N2OS/c1-4-14-8-11-13(10-5-6-10)15-12(17-11)7-9(2)16-3/h9-10,14H,4-8H2,1-3H3. The summed E-state index contributed by atoms with van der Waals surface area (Å²) in [7, 11) is 1.76. The van der Waals surface area contributed by atoms with Gasteiger partial charge in [0.05, 0.1) is 16.8 Å². The Hall–Kier alpha value is -0.450. The van der Waals surface area contributed by atoms with Crippen LogP contribution in [0.15, 0.2) is 0 Å². The molecule has 1 N–H and O–H groups in total. The van der Waals surface area contributed by atoms with Crippen LogP contribution in [0.1, 0.15) is 48.2 Å². The van der Waals surface area contributed by atoms with E-state index in [0.29, 0.717) is 0 Å². The van der Waals surface area contributed by atoms with Crippen molar-refractivity contribution in [3.05, 3.63) is 15.6 Å². The van der Waals surface area contributed by atoms with Crippen LogP contribution in [0.4, 0.5) is 0 Å². The smallest absolute Gasteiger partial charge is 0.0957 e. The van der Waals surface area contributed by atoms with Gasteiger partial charge >= 0.3 is 0 Å². The van der Waals surface area contributed by atoms with Gasteiger partial charge in [-0.2, -0.15) is 0 Å². The molecule has 1 heterocycles. The molecule has 4 heteroatoms. The summed E-state index contributed by atoms with van der Waals surface area (Å²) in [6, 6.07) is 0. The van der Waals surface area contributed by atoms with Gasteiger partial charge in [-0.3, -0.25) is 0 Å². The summed E-state index contributed by atoms with van der Waals surface area (Å²) in [5.41, 5.74) is 1.36. The number of rotatable bonds is 7. The fourth-order valence-corrected chi connectivity index (χ4v) is 3.11. The Morgan fingerprint density at radius 3 is 2.88 bits per heavy atom. The van der Waals surface area contributed by atoms with Crippen LogP contribution in [-0.4, -0.2) is 24.7 Å². The van der Waals surface area contributed by atoms with E-state index in [-0.39, 0.29) is 6.10 Å². The Morgan fingerprint density at radius 1 is 1.53 bits per heavy atom. The lowest BCUT2D eigenvalue weighted by molar-refractivity contribution is 0.118. The molecule has 0 spiro atoms. The lowest BCUT2D eigenvalue weighted by Gasteiger charge is -2.05. The molecule has 2 rings (SSSR count). The number of methoxy groups -OCH3 is 1. The first-order chi connectivity index (χ1) is 8.24. The second-order valence-corrected chi connectivity index (χ2v) is 5.89. The van der Waals surface area contributed by atoms with Gasteiger partial charge in [-0.1, -0.05) is 6.92 Å². The van der Waals surface area contributed by atoms with Crippen molar-refractivity contribution in [2.24, 2.45) is 0 Å². The van der Waals surface area contributed by atoms with Crippen LogP contribution in [0.3, 0.4) is 0 Å². The normalized spacial score (nSPS) is 17.4. The van der Waals surface area contributed by atoms with Crippen molar-refractivity contribution in [2.45, 2.75) is 51.7 Å². The van der Waals surface area contributed by atoms with Crippen LogP contribution < -0.4 is 5.32 Å². The summed E-state index contributed by atoms with van der Waals surface area (Å²) < 4.78 is 5.31. The third kappa shape index (κ3) is 3.50. The van der Waals surface area contributed by atoms with Crippen LogP contribution in [-0.2, 0) is 17.7 Å². The molecular weight excluding hydrogens is 232 g/mol. The number of hydrogen-bond donors (Lipinski definition) is 1. The fraction of sp³-hybridized carbons (Fsp3) is 0.769. The predicted octanol–water partition coefficient (Wildman–Crippen LogP) is 2.71. The van der Waals surface area contributed by atoms with Crippen molar-refractivity contribution in [2.75, 3.05) is 13.7 Å². The molecule has 1 aliphatic carbocycles. The second kappa shape index (κ2) is 5.94. The minimum atomic E-state index is 0.264. The van der Waals surface area contributed by atoms with E-state index >= 15 is 0 Å². The van der Waals surface area contributed by atoms with E-state index < -0.39 is 0 Å². The number of nitrogens with one attached hydrogen (secondary N) is 1. The first-order valence-electron chi connectivity index (χ1n) is 6.46. The second-order valence-electron chi connectivity index (χ2n) is 4.72. The maximum atomic E-state index is 5.31. The Morgan fingerprint density at radius 2 is 2.29 bits per heavy atom. The Labute approximate surface area is 108 Å². The van der Waals surface area contributed by atoms with Crippen molar-refractivity contribution < 1.29 is 4.74 Å². The van der Waals surface area contributed by atoms with E-state index in [1.54, 1.807) is 7.11 Å². The minimum absolute atomic E-state index is 0.264. The average molecular weight is 254 g/mol. The number of aromatic nitrogens is 1. The van der Waals surface area contributed by atoms with Gasteiger partial charge in [-0.05, 0) is 26.3 Å². The van der Waals surface area contributed by atoms with Crippen LogP contribution in [0.25, 0.3) is 0 Å². The molecule has 1 fully saturated rings. The van der Waals surface area contributed by atoms with Crippen molar-refractivity contribution in [3.8, 4) is 0 Å². The number of thiazole rings is 1. The third-order valence-electron chi connectivity index (χ3n) is 3.14. The molecular formula is C13H22N2OS. The zero-order chi connectivity index (χ0) is 12.3. The quantitative estimate of drug-likeness (QED) is 0.812. The Bertz CT molecular complexity index is 360. The summed E-state index contributed by atoms with van der Waals surface area (Å²) in [6.45, 7) is 6.24. The molecule has 1 atom stereocenters. The van der Waals surface area contributed by atoms with E-state index in [2.05, 4.69) is 19.2 Å². The monoisotopic (exact) mass is 254 g/mol. The molecule has 3 nitrogen and oxygen atoms in total. The van der Waals surface area contributed by atoms with Crippen LogP contribution in [0, 0.1) is 0 Å². The maximum absolute atomic E-state index is 5.31. The zero-order valence-corrected chi connectivity index (χ0v) is 11.8. The third-order valence-corrected chi connectivity index (χ3v) is 4.23. The van der Waals surface area contributed by atoms with Gasteiger partial charge in [0.15, 0.2) is 0 Å². The van der Waals surface area contributed by atoms with Gasteiger partial charge < -0.3 is 10.1 Å². The van der Waals surface area contributed by atoms with Crippen molar-refractivity contribution in [3.63, 3.8) is 0 Å². The molecule has 0 amide bonds. The molecule has 1 aromatic heterocycles. The summed E-state index contributed by atoms with van der Waals surface area (Å²) >= 11 is 1.86. The van der Waals surface area contributed by atoms with Gasteiger partial charge in [-0.15, -0.1) is 11.3 Å². The average Bonchev–Trinajstić information content (AvgIpc) is 3.09. The molecule has 0 radical (unpaired) electrons. The maximum Gasteiger partial charge on any atom is 0.0957 e. The predicted molar refractivity (Wildman–Crippen MR) is 71.6 cm³/mol. The molecule has 96 valence electrons. The van der Waals surface area contributed by atoms with E-state index in [0.717, 1.165) is 25.4 Å². The molecule has 0 aliphatic heterocycles. The van der Waals surface area contributed by atoms with Crippen LogP contribution in [0.5, 0.6) is 0 Å². The molecule has 1 saturated carbocycles. The van der Waals surface area contributed by atoms with E-state index in [4.69, 9.17) is 9.72 Å². The molecule has 0 saturated heterocycles. The molecule has 1 unspecified atom stereocenters. The lowest BCUT2D eigenvalue weighted by Crippen LogP contribution is -2.11. The van der Waals surface area contributed by atoms with Gasteiger partial charge in [0.2, 0.25) is 0 Å². The Balaban J connectivity index is 2.06. The lowest BCUT2D eigenvalue weighted by atomic mass is 10.2. The SMILES string of the molecule is CCNCc1sc(CC(C)OC)nc1C1CC1. The van der Waals surface area contributed by atoms with Gasteiger partial charge in [0, 0.05) is 30.9 Å². The number of nitrogens with zero attached hydrogens (tertiary/aromatic N) is 1. The zero-order valence-electron chi connectivity index (χ0n) is 11.0. The van der Waals surface area contributed by atoms with Crippen molar-refractivity contribution >= 4 is 11.3 Å². The molecule has 0 bridgehead atoms. The van der Waals surface area contributed by atoms with E-state index in [9.17, 15) is 0 Å². The topological polar surface area (TPSA) is 34.1 Å². The highest BCUT2D eigenvalue weighted by Crippen LogP contribution is 2.42. The number of hydrogen-bond acceptors (Lipinski definition) is 4. The van der Waals surface area contributed by atoms with E-state index in [1.165, 1.54) is 28.4 Å². The fourth-order valence-electron chi connectivity index (χ4n) is 1.87. The van der Waals surface area contributed by atoms with Crippen molar-refractivity contribution in [1.29, 1.82) is 0 Å². The van der Waals surface area contributed by atoms with Crippen LogP contribution in [0.2, 0.25) is 0 Å². The van der Waals surface area contributed by atoms with Gasteiger partial charge in [-0.25, -0.2) is 4.98 Å². The highest BCUT2D eigenvalue weighted by molar-refractivity contribution is 7.11. The first-order valence-corrected chi connectivity index (χ1v) is 7.28. The summed E-state index contributed by atoms with van der Waals surface area (Å²) in [4.78, 5) is 6.25. The molecule has 17 heavy (non-hydrogen) atoms. The summed E-state index contributed by atoms with van der Waals surface area (Å²) in [6.07, 6.45) is 3.84. The summed E-state index contributed by atoms with van der Waals surface area (Å²) in [5.74, 6) is 0.742.